The molecule has 0 aliphatic carbocycles. The summed E-state index contributed by atoms with van der Waals surface area (Å²) in [7, 11) is 3.22. The lowest BCUT2D eigenvalue weighted by molar-refractivity contribution is -0.121. The van der Waals surface area contributed by atoms with Crippen LogP contribution in [0.5, 0.6) is 11.5 Å². The molecule has 5 heteroatoms. The van der Waals surface area contributed by atoms with Crippen molar-refractivity contribution in [2.24, 2.45) is 0 Å². The van der Waals surface area contributed by atoms with E-state index in [1.54, 1.807) is 14.2 Å². The highest BCUT2D eigenvalue weighted by Gasteiger charge is 2.16. The molecule has 0 saturated heterocycles. The molecular weight excluding hydrogens is 326 g/mol. The van der Waals surface area contributed by atoms with Crippen molar-refractivity contribution in [1.82, 2.24) is 5.32 Å². The van der Waals surface area contributed by atoms with E-state index in [2.05, 4.69) is 5.32 Å². The van der Waals surface area contributed by atoms with Gasteiger partial charge in [0.05, 0.1) is 14.2 Å². The summed E-state index contributed by atoms with van der Waals surface area (Å²) in [6.07, 6.45) is 0.368. The lowest BCUT2D eigenvalue weighted by atomic mass is 9.96. The Morgan fingerprint density at radius 3 is 2.58 bits per heavy atom. The number of amides is 1. The van der Waals surface area contributed by atoms with E-state index < -0.39 is 0 Å². The van der Waals surface area contributed by atoms with Crippen molar-refractivity contribution in [3.05, 3.63) is 58.6 Å². The van der Waals surface area contributed by atoms with E-state index in [-0.39, 0.29) is 11.8 Å². The SMILES string of the molecule is COc1ccc(C(C)CC(=O)NCc2ccccc2Cl)c(OC)c1. The fourth-order valence-electron chi connectivity index (χ4n) is 2.52. The van der Waals surface area contributed by atoms with Gasteiger partial charge in [-0.3, -0.25) is 4.79 Å². The van der Waals surface area contributed by atoms with Crippen LogP contribution in [0.25, 0.3) is 0 Å². The molecule has 0 aliphatic rings. The van der Waals surface area contributed by atoms with E-state index in [4.69, 9.17) is 21.1 Å². The fourth-order valence-corrected chi connectivity index (χ4v) is 2.72. The zero-order valence-electron chi connectivity index (χ0n) is 14.1. The standard InChI is InChI=1S/C19H22ClNO3/c1-13(16-9-8-15(23-2)11-18(16)24-3)10-19(22)21-12-14-6-4-5-7-17(14)20/h4-9,11,13H,10,12H2,1-3H3,(H,21,22). The number of methoxy groups -OCH3 is 2. The topological polar surface area (TPSA) is 47.6 Å². The number of rotatable bonds is 7. The predicted octanol–water partition coefficient (Wildman–Crippen LogP) is 4.17. The molecule has 0 bridgehead atoms. The molecule has 0 radical (unpaired) electrons. The van der Waals surface area contributed by atoms with Gasteiger partial charge in [0.2, 0.25) is 5.91 Å². The summed E-state index contributed by atoms with van der Waals surface area (Å²) in [4.78, 5) is 12.2. The first-order valence-corrected chi connectivity index (χ1v) is 8.15. The van der Waals surface area contributed by atoms with Gasteiger partial charge in [-0.05, 0) is 29.2 Å². The molecule has 2 rings (SSSR count). The Hall–Kier alpha value is -2.20. The van der Waals surface area contributed by atoms with Crippen LogP contribution in [0.1, 0.15) is 30.4 Å². The van der Waals surface area contributed by atoms with E-state index in [1.807, 2.05) is 49.4 Å². The molecular formula is C19H22ClNO3. The van der Waals surface area contributed by atoms with Crippen LogP contribution < -0.4 is 14.8 Å². The Bertz CT molecular complexity index is 703. The minimum Gasteiger partial charge on any atom is -0.497 e. The van der Waals surface area contributed by atoms with Crippen LogP contribution in [-0.4, -0.2) is 20.1 Å². The highest BCUT2D eigenvalue weighted by molar-refractivity contribution is 6.31. The Labute approximate surface area is 147 Å². The van der Waals surface area contributed by atoms with Gasteiger partial charge < -0.3 is 14.8 Å². The molecule has 1 atom stereocenters. The van der Waals surface area contributed by atoms with Gasteiger partial charge in [0.1, 0.15) is 11.5 Å². The zero-order chi connectivity index (χ0) is 17.5. The third-order valence-corrected chi connectivity index (χ3v) is 4.27. The molecule has 1 N–H and O–H groups in total. The van der Waals surface area contributed by atoms with E-state index in [9.17, 15) is 4.79 Å². The maximum Gasteiger partial charge on any atom is 0.220 e. The van der Waals surface area contributed by atoms with Gasteiger partial charge in [-0.2, -0.15) is 0 Å². The number of nitrogens with one attached hydrogen (secondary N) is 1. The second kappa shape index (κ2) is 8.60. The van der Waals surface area contributed by atoms with Crippen LogP contribution in [0.4, 0.5) is 0 Å². The lowest BCUT2D eigenvalue weighted by Gasteiger charge is -2.16. The molecule has 0 aliphatic heterocycles. The van der Waals surface area contributed by atoms with Crippen LogP contribution in [0.3, 0.4) is 0 Å². The Morgan fingerprint density at radius 2 is 1.92 bits per heavy atom. The van der Waals surface area contributed by atoms with Crippen molar-refractivity contribution in [2.75, 3.05) is 14.2 Å². The van der Waals surface area contributed by atoms with E-state index >= 15 is 0 Å². The largest absolute Gasteiger partial charge is 0.497 e. The van der Waals surface area contributed by atoms with Gasteiger partial charge in [0, 0.05) is 24.1 Å². The average molecular weight is 348 g/mol. The molecule has 2 aromatic carbocycles. The number of hydrogen-bond donors (Lipinski definition) is 1. The highest BCUT2D eigenvalue weighted by atomic mass is 35.5. The molecule has 0 saturated carbocycles. The van der Waals surface area contributed by atoms with Gasteiger partial charge in [-0.15, -0.1) is 0 Å². The predicted molar refractivity (Wildman–Crippen MR) is 95.9 cm³/mol. The van der Waals surface area contributed by atoms with Crippen molar-refractivity contribution in [1.29, 1.82) is 0 Å². The monoisotopic (exact) mass is 347 g/mol. The normalized spacial score (nSPS) is 11.7. The summed E-state index contributed by atoms with van der Waals surface area (Å²) in [5.41, 5.74) is 1.88. The number of benzene rings is 2. The summed E-state index contributed by atoms with van der Waals surface area (Å²) < 4.78 is 10.6. The third-order valence-electron chi connectivity index (χ3n) is 3.90. The Kier molecular flexibility index (Phi) is 6.50. The Balaban J connectivity index is 1.97. The second-order valence-electron chi connectivity index (χ2n) is 5.58. The number of carbonyl (C=O) groups excluding carboxylic acids is 1. The maximum atomic E-state index is 12.2. The molecule has 24 heavy (non-hydrogen) atoms. The molecule has 0 fully saturated rings. The first-order valence-electron chi connectivity index (χ1n) is 7.77. The van der Waals surface area contributed by atoms with Gasteiger partial charge in [-0.25, -0.2) is 0 Å². The van der Waals surface area contributed by atoms with Crippen molar-refractivity contribution >= 4 is 17.5 Å². The van der Waals surface area contributed by atoms with Crippen molar-refractivity contribution in [2.45, 2.75) is 25.8 Å². The van der Waals surface area contributed by atoms with Gasteiger partial charge in [0.15, 0.2) is 0 Å². The number of carbonyl (C=O) groups is 1. The van der Waals surface area contributed by atoms with Crippen LogP contribution in [-0.2, 0) is 11.3 Å². The minimum absolute atomic E-state index is 0.0251. The summed E-state index contributed by atoms with van der Waals surface area (Å²) in [5.74, 6) is 1.45. The smallest absolute Gasteiger partial charge is 0.220 e. The molecule has 0 heterocycles. The first kappa shape index (κ1) is 18.1. The van der Waals surface area contributed by atoms with Crippen LogP contribution >= 0.6 is 11.6 Å². The van der Waals surface area contributed by atoms with E-state index in [0.717, 1.165) is 22.6 Å². The lowest BCUT2D eigenvalue weighted by Crippen LogP contribution is -2.24. The molecule has 128 valence electrons. The molecule has 1 amide bonds. The number of hydrogen-bond acceptors (Lipinski definition) is 3. The quantitative estimate of drug-likeness (QED) is 0.817. The van der Waals surface area contributed by atoms with Crippen molar-refractivity contribution < 1.29 is 14.3 Å². The van der Waals surface area contributed by atoms with Crippen LogP contribution in [0.15, 0.2) is 42.5 Å². The summed E-state index contributed by atoms with van der Waals surface area (Å²) >= 11 is 6.10. The van der Waals surface area contributed by atoms with Crippen molar-refractivity contribution in [3.63, 3.8) is 0 Å². The van der Waals surface area contributed by atoms with Crippen molar-refractivity contribution in [3.8, 4) is 11.5 Å². The van der Waals surface area contributed by atoms with Gasteiger partial charge in [0.25, 0.3) is 0 Å². The van der Waals surface area contributed by atoms with Crippen LogP contribution in [0.2, 0.25) is 5.02 Å². The summed E-state index contributed by atoms with van der Waals surface area (Å²) in [6.45, 7) is 2.42. The second-order valence-corrected chi connectivity index (χ2v) is 5.99. The van der Waals surface area contributed by atoms with Gasteiger partial charge in [-0.1, -0.05) is 42.8 Å². The van der Waals surface area contributed by atoms with Crippen LogP contribution in [0, 0.1) is 0 Å². The van der Waals surface area contributed by atoms with E-state index in [0.29, 0.717) is 18.0 Å². The fraction of sp³-hybridized carbons (Fsp3) is 0.316. The van der Waals surface area contributed by atoms with Gasteiger partial charge >= 0.3 is 0 Å². The summed E-state index contributed by atoms with van der Waals surface area (Å²) in [5, 5.41) is 3.57. The first-order chi connectivity index (χ1) is 11.5. The molecule has 0 spiro atoms. The number of halogens is 1. The Morgan fingerprint density at radius 1 is 1.17 bits per heavy atom. The molecule has 4 nitrogen and oxygen atoms in total. The average Bonchev–Trinajstić information content (AvgIpc) is 2.60. The molecule has 0 aromatic heterocycles. The summed E-state index contributed by atoms with van der Waals surface area (Å²) in [6, 6.07) is 13.1. The highest BCUT2D eigenvalue weighted by Crippen LogP contribution is 2.32. The molecule has 2 aromatic rings. The third kappa shape index (κ3) is 4.65. The number of ether oxygens (including phenoxy) is 2. The zero-order valence-corrected chi connectivity index (χ0v) is 14.9. The minimum atomic E-state index is -0.0275. The van der Waals surface area contributed by atoms with E-state index in [1.165, 1.54) is 0 Å². The maximum absolute atomic E-state index is 12.2. The molecule has 1 unspecified atom stereocenters.